The van der Waals surface area contributed by atoms with Gasteiger partial charge in [-0.15, -0.1) is 0 Å². The molecule has 2 nitrogen and oxygen atoms in total. The molecule has 0 aromatic rings. The number of alkyl halides is 1. The second-order valence-electron chi connectivity index (χ2n) is 2.90. The Hall–Kier alpha value is 0.200. The van der Waals surface area contributed by atoms with E-state index in [1.165, 1.54) is 0 Å². The van der Waals surface area contributed by atoms with Gasteiger partial charge in [-0.25, -0.2) is 0 Å². The van der Waals surface area contributed by atoms with Crippen LogP contribution in [-0.4, -0.2) is 17.0 Å². The first kappa shape index (κ1) is 12.2. The topological polar surface area (TPSA) is 26.3 Å². The van der Waals surface area contributed by atoms with Gasteiger partial charge in [0.25, 0.3) is 0 Å². The van der Waals surface area contributed by atoms with Gasteiger partial charge in [-0.3, -0.25) is 4.79 Å². The second-order valence-corrected chi connectivity index (χ2v) is 3.98. The van der Waals surface area contributed by atoms with Crippen LogP contribution in [0.25, 0.3) is 0 Å². The molecular formula is C9H17IO2. The highest BCUT2D eigenvalue weighted by atomic mass is 127. The van der Waals surface area contributed by atoms with E-state index in [0.717, 1.165) is 23.7 Å². The standard InChI is InChI=1S/C9H17IO2/c1-3-4-7-12-9(11)8(2)5-6-10/h8H,3-7H2,1-2H3. The van der Waals surface area contributed by atoms with Crippen LogP contribution < -0.4 is 0 Å². The summed E-state index contributed by atoms with van der Waals surface area (Å²) in [5.74, 6) is 0.0267. The van der Waals surface area contributed by atoms with Crippen LogP contribution in [0.1, 0.15) is 33.1 Å². The molecule has 0 spiro atoms. The first-order chi connectivity index (χ1) is 5.72. The van der Waals surface area contributed by atoms with Gasteiger partial charge in [0.1, 0.15) is 0 Å². The van der Waals surface area contributed by atoms with E-state index >= 15 is 0 Å². The number of hydrogen-bond acceptors (Lipinski definition) is 2. The maximum absolute atomic E-state index is 11.2. The van der Waals surface area contributed by atoms with E-state index in [-0.39, 0.29) is 11.9 Å². The average Bonchev–Trinajstić information content (AvgIpc) is 2.05. The zero-order valence-electron chi connectivity index (χ0n) is 7.81. The van der Waals surface area contributed by atoms with Crippen molar-refractivity contribution in [3.63, 3.8) is 0 Å². The molecule has 1 unspecified atom stereocenters. The molecule has 0 aromatic heterocycles. The average molecular weight is 284 g/mol. The van der Waals surface area contributed by atoms with Crippen molar-refractivity contribution < 1.29 is 9.53 Å². The lowest BCUT2D eigenvalue weighted by Crippen LogP contribution is -2.15. The van der Waals surface area contributed by atoms with Crippen molar-refractivity contribution in [3.05, 3.63) is 0 Å². The lowest BCUT2D eigenvalue weighted by atomic mass is 10.1. The number of ether oxygens (including phenoxy) is 1. The SMILES string of the molecule is CCCCOC(=O)C(C)CCI. The Morgan fingerprint density at radius 1 is 1.58 bits per heavy atom. The van der Waals surface area contributed by atoms with Crippen LogP contribution in [-0.2, 0) is 9.53 Å². The van der Waals surface area contributed by atoms with Crippen LogP contribution in [0.2, 0.25) is 0 Å². The molecule has 0 rings (SSSR count). The molecule has 12 heavy (non-hydrogen) atoms. The molecular weight excluding hydrogens is 267 g/mol. The number of esters is 1. The molecule has 0 amide bonds. The van der Waals surface area contributed by atoms with Gasteiger partial charge in [-0.05, 0) is 12.8 Å². The monoisotopic (exact) mass is 284 g/mol. The summed E-state index contributed by atoms with van der Waals surface area (Å²) in [5.41, 5.74) is 0. The highest BCUT2D eigenvalue weighted by Crippen LogP contribution is 2.07. The van der Waals surface area contributed by atoms with E-state index < -0.39 is 0 Å². The fourth-order valence-corrected chi connectivity index (χ4v) is 1.68. The van der Waals surface area contributed by atoms with Crippen molar-refractivity contribution in [2.75, 3.05) is 11.0 Å². The molecule has 0 bridgehead atoms. The molecule has 3 heteroatoms. The summed E-state index contributed by atoms with van der Waals surface area (Å²) in [7, 11) is 0. The largest absolute Gasteiger partial charge is 0.465 e. The van der Waals surface area contributed by atoms with Gasteiger partial charge < -0.3 is 4.74 Å². The van der Waals surface area contributed by atoms with Gasteiger partial charge in [0.05, 0.1) is 12.5 Å². The van der Waals surface area contributed by atoms with Gasteiger partial charge in [0.15, 0.2) is 0 Å². The van der Waals surface area contributed by atoms with Gasteiger partial charge in [-0.2, -0.15) is 0 Å². The Morgan fingerprint density at radius 3 is 2.75 bits per heavy atom. The zero-order valence-corrected chi connectivity index (χ0v) is 9.96. The molecule has 1 atom stereocenters. The minimum Gasteiger partial charge on any atom is -0.465 e. The fraction of sp³-hybridized carbons (Fsp3) is 0.889. The Kier molecular flexibility index (Phi) is 7.96. The van der Waals surface area contributed by atoms with Crippen molar-refractivity contribution >= 4 is 28.6 Å². The third-order valence-electron chi connectivity index (χ3n) is 1.69. The fourth-order valence-electron chi connectivity index (χ4n) is 0.741. The Morgan fingerprint density at radius 2 is 2.25 bits per heavy atom. The van der Waals surface area contributed by atoms with Crippen LogP contribution in [0.5, 0.6) is 0 Å². The summed E-state index contributed by atoms with van der Waals surface area (Å²) in [6.45, 7) is 4.59. The maximum Gasteiger partial charge on any atom is 0.308 e. The van der Waals surface area contributed by atoms with Crippen molar-refractivity contribution in [1.82, 2.24) is 0 Å². The quantitative estimate of drug-likeness (QED) is 0.324. The Balaban J connectivity index is 3.43. The predicted octanol–water partition coefficient (Wildman–Crippen LogP) is 2.79. The summed E-state index contributed by atoms with van der Waals surface area (Å²) in [6, 6.07) is 0. The number of carbonyl (C=O) groups is 1. The Labute approximate surface area is 88.2 Å². The smallest absolute Gasteiger partial charge is 0.308 e. The van der Waals surface area contributed by atoms with Gasteiger partial charge in [0.2, 0.25) is 0 Å². The lowest BCUT2D eigenvalue weighted by molar-refractivity contribution is -0.148. The molecule has 0 aliphatic carbocycles. The molecule has 0 aliphatic heterocycles. The molecule has 0 N–H and O–H groups in total. The molecule has 0 heterocycles. The van der Waals surface area contributed by atoms with Crippen LogP contribution in [0.4, 0.5) is 0 Å². The maximum atomic E-state index is 11.2. The molecule has 0 aliphatic rings. The van der Waals surface area contributed by atoms with Gasteiger partial charge >= 0.3 is 5.97 Å². The van der Waals surface area contributed by atoms with Crippen molar-refractivity contribution in [3.8, 4) is 0 Å². The van der Waals surface area contributed by atoms with E-state index in [1.54, 1.807) is 0 Å². The minimum absolute atomic E-state index is 0.0416. The van der Waals surface area contributed by atoms with Crippen molar-refractivity contribution in [1.29, 1.82) is 0 Å². The summed E-state index contributed by atoms with van der Waals surface area (Å²) in [5, 5.41) is 0. The summed E-state index contributed by atoms with van der Waals surface area (Å²) >= 11 is 2.27. The first-order valence-electron chi connectivity index (χ1n) is 4.45. The van der Waals surface area contributed by atoms with Crippen LogP contribution in [0.15, 0.2) is 0 Å². The van der Waals surface area contributed by atoms with Gasteiger partial charge in [-0.1, -0.05) is 42.9 Å². The van der Waals surface area contributed by atoms with E-state index in [4.69, 9.17) is 4.74 Å². The zero-order chi connectivity index (χ0) is 9.40. The molecule has 72 valence electrons. The summed E-state index contributed by atoms with van der Waals surface area (Å²) in [4.78, 5) is 11.2. The Bertz CT molecular complexity index is 126. The van der Waals surface area contributed by atoms with E-state index in [2.05, 4.69) is 29.5 Å². The molecule has 0 fully saturated rings. The lowest BCUT2D eigenvalue weighted by Gasteiger charge is -2.08. The third kappa shape index (κ3) is 5.80. The summed E-state index contributed by atoms with van der Waals surface area (Å²) < 4.78 is 6.07. The number of unbranched alkanes of at least 4 members (excludes halogenated alkanes) is 1. The van der Waals surface area contributed by atoms with E-state index in [0.29, 0.717) is 6.61 Å². The van der Waals surface area contributed by atoms with E-state index in [9.17, 15) is 4.79 Å². The van der Waals surface area contributed by atoms with Crippen molar-refractivity contribution in [2.45, 2.75) is 33.1 Å². The number of carbonyl (C=O) groups excluding carboxylic acids is 1. The number of halogens is 1. The molecule has 0 saturated heterocycles. The minimum atomic E-state index is -0.0416. The van der Waals surface area contributed by atoms with Crippen molar-refractivity contribution in [2.24, 2.45) is 5.92 Å². The highest BCUT2D eigenvalue weighted by molar-refractivity contribution is 14.1. The number of hydrogen-bond donors (Lipinski definition) is 0. The third-order valence-corrected chi connectivity index (χ3v) is 2.31. The highest BCUT2D eigenvalue weighted by Gasteiger charge is 2.12. The second kappa shape index (κ2) is 7.83. The predicted molar refractivity (Wildman–Crippen MR) is 58.5 cm³/mol. The first-order valence-corrected chi connectivity index (χ1v) is 5.97. The summed E-state index contributed by atoms with van der Waals surface area (Å²) in [6.07, 6.45) is 2.97. The number of rotatable bonds is 6. The van der Waals surface area contributed by atoms with Crippen LogP contribution >= 0.6 is 22.6 Å². The molecule has 0 saturated carbocycles. The van der Waals surface area contributed by atoms with Crippen LogP contribution in [0.3, 0.4) is 0 Å². The van der Waals surface area contributed by atoms with E-state index in [1.807, 2.05) is 6.92 Å². The molecule has 0 aromatic carbocycles. The van der Waals surface area contributed by atoms with Gasteiger partial charge in [0, 0.05) is 4.43 Å². The van der Waals surface area contributed by atoms with Crippen LogP contribution in [0, 0.1) is 5.92 Å². The molecule has 0 radical (unpaired) electrons. The normalized spacial score (nSPS) is 12.6.